The predicted molar refractivity (Wildman–Crippen MR) is 86.7 cm³/mol. The Morgan fingerprint density at radius 2 is 2.08 bits per heavy atom. The van der Waals surface area contributed by atoms with E-state index in [0.29, 0.717) is 17.8 Å². The van der Waals surface area contributed by atoms with Crippen molar-refractivity contribution in [2.24, 2.45) is 0 Å². The summed E-state index contributed by atoms with van der Waals surface area (Å²) in [6.45, 7) is 2.50. The summed E-state index contributed by atoms with van der Waals surface area (Å²) >= 11 is 0. The SMILES string of the molecule is COC(=O)c1ccc(NC(=O)N2CCC[C@@H]2c2cc(C)on2)cc1. The summed E-state index contributed by atoms with van der Waals surface area (Å²) in [5.74, 6) is 0.324. The van der Waals surface area contributed by atoms with Gasteiger partial charge < -0.3 is 19.5 Å². The molecule has 0 unspecified atom stereocenters. The zero-order chi connectivity index (χ0) is 17.1. The molecule has 1 saturated heterocycles. The van der Waals surface area contributed by atoms with Gasteiger partial charge in [-0.3, -0.25) is 0 Å². The fraction of sp³-hybridized carbons (Fsp3) is 0.353. The lowest BCUT2D eigenvalue weighted by atomic mass is 10.1. The highest BCUT2D eigenvalue weighted by Crippen LogP contribution is 2.32. The normalized spacial score (nSPS) is 16.9. The second kappa shape index (κ2) is 6.74. The average molecular weight is 329 g/mol. The molecule has 7 nitrogen and oxygen atoms in total. The molecule has 1 fully saturated rings. The zero-order valence-corrected chi connectivity index (χ0v) is 13.6. The number of anilines is 1. The molecule has 2 aromatic rings. The molecule has 2 heterocycles. The van der Waals surface area contributed by atoms with Crippen LogP contribution in [0.15, 0.2) is 34.9 Å². The second-order valence-corrected chi connectivity index (χ2v) is 5.71. The van der Waals surface area contributed by atoms with Crippen molar-refractivity contribution in [1.82, 2.24) is 10.1 Å². The molecule has 0 bridgehead atoms. The number of urea groups is 1. The highest BCUT2D eigenvalue weighted by molar-refractivity contribution is 5.92. The lowest BCUT2D eigenvalue weighted by Crippen LogP contribution is -2.34. The molecule has 126 valence electrons. The van der Waals surface area contributed by atoms with E-state index in [9.17, 15) is 9.59 Å². The summed E-state index contributed by atoms with van der Waals surface area (Å²) in [5, 5.41) is 6.88. The summed E-state index contributed by atoms with van der Waals surface area (Å²) in [7, 11) is 1.33. The predicted octanol–water partition coefficient (Wildman–Crippen LogP) is 3.14. The van der Waals surface area contributed by atoms with Crippen molar-refractivity contribution < 1.29 is 18.8 Å². The van der Waals surface area contributed by atoms with E-state index in [1.54, 1.807) is 29.2 Å². The third-order valence-electron chi connectivity index (χ3n) is 4.06. The van der Waals surface area contributed by atoms with Crippen molar-refractivity contribution in [2.75, 3.05) is 19.0 Å². The van der Waals surface area contributed by atoms with E-state index in [-0.39, 0.29) is 12.1 Å². The summed E-state index contributed by atoms with van der Waals surface area (Å²) in [6.07, 6.45) is 1.78. The van der Waals surface area contributed by atoms with Crippen LogP contribution in [-0.4, -0.2) is 35.7 Å². The Kier molecular flexibility index (Phi) is 4.50. The van der Waals surface area contributed by atoms with Crippen molar-refractivity contribution in [3.63, 3.8) is 0 Å². The number of esters is 1. The Balaban J connectivity index is 1.68. The number of rotatable bonds is 3. The van der Waals surface area contributed by atoms with Crippen LogP contribution in [0.25, 0.3) is 0 Å². The Bertz CT molecular complexity index is 739. The van der Waals surface area contributed by atoms with Gasteiger partial charge in [-0.2, -0.15) is 0 Å². The number of likely N-dealkylation sites (tertiary alicyclic amines) is 1. The molecule has 0 radical (unpaired) electrons. The molecule has 1 aromatic carbocycles. The Hall–Kier alpha value is -2.83. The number of hydrogen-bond acceptors (Lipinski definition) is 5. The van der Waals surface area contributed by atoms with Gasteiger partial charge in [-0.05, 0) is 44.0 Å². The fourth-order valence-electron chi connectivity index (χ4n) is 2.86. The monoisotopic (exact) mass is 329 g/mol. The summed E-state index contributed by atoms with van der Waals surface area (Å²) < 4.78 is 9.77. The first kappa shape index (κ1) is 16.0. The van der Waals surface area contributed by atoms with Gasteiger partial charge in [-0.25, -0.2) is 9.59 Å². The van der Waals surface area contributed by atoms with Crippen molar-refractivity contribution in [3.8, 4) is 0 Å². The summed E-state index contributed by atoms with van der Waals surface area (Å²) in [6, 6.07) is 8.18. The molecule has 1 aliphatic rings. The highest BCUT2D eigenvalue weighted by atomic mass is 16.5. The number of amides is 2. The van der Waals surface area contributed by atoms with Gasteiger partial charge in [-0.1, -0.05) is 5.16 Å². The molecule has 0 spiro atoms. The molecule has 1 N–H and O–H groups in total. The number of nitrogens with one attached hydrogen (secondary N) is 1. The van der Waals surface area contributed by atoms with E-state index in [2.05, 4.69) is 15.2 Å². The van der Waals surface area contributed by atoms with Gasteiger partial charge in [0.2, 0.25) is 0 Å². The number of aromatic nitrogens is 1. The van der Waals surface area contributed by atoms with Crippen LogP contribution in [0.5, 0.6) is 0 Å². The van der Waals surface area contributed by atoms with Crippen molar-refractivity contribution in [1.29, 1.82) is 0 Å². The van der Waals surface area contributed by atoms with Gasteiger partial charge in [0.1, 0.15) is 11.5 Å². The minimum Gasteiger partial charge on any atom is -0.465 e. The van der Waals surface area contributed by atoms with Crippen LogP contribution >= 0.6 is 0 Å². The fourth-order valence-corrected chi connectivity index (χ4v) is 2.86. The first-order valence-corrected chi connectivity index (χ1v) is 7.77. The van der Waals surface area contributed by atoms with Gasteiger partial charge in [-0.15, -0.1) is 0 Å². The van der Waals surface area contributed by atoms with Gasteiger partial charge in [0.05, 0.1) is 18.7 Å². The third kappa shape index (κ3) is 3.24. The largest absolute Gasteiger partial charge is 0.465 e. The number of aryl methyl sites for hydroxylation is 1. The molecule has 3 rings (SSSR count). The number of nitrogens with zero attached hydrogens (tertiary/aromatic N) is 2. The van der Waals surface area contributed by atoms with E-state index in [1.165, 1.54) is 7.11 Å². The number of methoxy groups -OCH3 is 1. The Morgan fingerprint density at radius 1 is 1.33 bits per heavy atom. The third-order valence-corrected chi connectivity index (χ3v) is 4.06. The molecule has 0 saturated carbocycles. The summed E-state index contributed by atoms with van der Waals surface area (Å²) in [5.41, 5.74) is 1.84. The minimum absolute atomic E-state index is 0.0724. The maximum absolute atomic E-state index is 12.5. The first-order valence-electron chi connectivity index (χ1n) is 7.77. The van der Waals surface area contributed by atoms with E-state index in [1.807, 2.05) is 13.0 Å². The maximum Gasteiger partial charge on any atom is 0.337 e. The second-order valence-electron chi connectivity index (χ2n) is 5.71. The smallest absolute Gasteiger partial charge is 0.337 e. The number of benzene rings is 1. The zero-order valence-electron chi connectivity index (χ0n) is 13.6. The Morgan fingerprint density at radius 3 is 2.71 bits per heavy atom. The van der Waals surface area contributed by atoms with Gasteiger partial charge in [0, 0.05) is 18.3 Å². The van der Waals surface area contributed by atoms with Crippen LogP contribution in [0, 0.1) is 6.92 Å². The molecule has 7 heteroatoms. The van der Waals surface area contributed by atoms with Gasteiger partial charge >= 0.3 is 12.0 Å². The molecular weight excluding hydrogens is 310 g/mol. The quantitative estimate of drug-likeness (QED) is 0.875. The van der Waals surface area contributed by atoms with Crippen LogP contribution in [0.3, 0.4) is 0 Å². The standard InChI is InChI=1S/C17H19N3O4/c1-11-10-14(19-24-11)15-4-3-9-20(15)17(22)18-13-7-5-12(6-8-13)16(21)23-2/h5-8,10,15H,3-4,9H2,1-2H3,(H,18,22)/t15-/m1/s1. The molecule has 1 aliphatic heterocycles. The van der Waals surface area contributed by atoms with Gasteiger partial charge in [0.15, 0.2) is 0 Å². The maximum atomic E-state index is 12.5. The van der Waals surface area contributed by atoms with E-state index >= 15 is 0 Å². The molecule has 1 aromatic heterocycles. The molecule has 24 heavy (non-hydrogen) atoms. The lowest BCUT2D eigenvalue weighted by Gasteiger charge is -2.23. The summed E-state index contributed by atoms with van der Waals surface area (Å²) in [4.78, 5) is 25.7. The molecule has 2 amide bonds. The number of ether oxygens (including phenoxy) is 1. The van der Waals surface area contributed by atoms with Crippen LogP contribution in [0.1, 0.15) is 40.7 Å². The minimum atomic E-state index is -0.408. The first-order chi connectivity index (χ1) is 11.6. The molecule has 1 atom stereocenters. The van der Waals surface area contributed by atoms with E-state index < -0.39 is 5.97 Å². The molecular formula is C17H19N3O4. The van der Waals surface area contributed by atoms with E-state index in [4.69, 9.17) is 4.52 Å². The topological polar surface area (TPSA) is 84.7 Å². The lowest BCUT2D eigenvalue weighted by molar-refractivity contribution is 0.0600. The highest BCUT2D eigenvalue weighted by Gasteiger charge is 2.32. The van der Waals surface area contributed by atoms with Crippen LogP contribution < -0.4 is 5.32 Å². The number of carbonyl (C=O) groups excluding carboxylic acids is 2. The van der Waals surface area contributed by atoms with E-state index in [0.717, 1.165) is 24.3 Å². The van der Waals surface area contributed by atoms with Crippen LogP contribution in [-0.2, 0) is 4.74 Å². The number of carbonyl (C=O) groups is 2. The van der Waals surface area contributed by atoms with Crippen LogP contribution in [0.4, 0.5) is 10.5 Å². The Labute approximate surface area is 139 Å². The van der Waals surface area contributed by atoms with Crippen molar-refractivity contribution >= 4 is 17.7 Å². The van der Waals surface area contributed by atoms with Crippen molar-refractivity contribution in [3.05, 3.63) is 47.3 Å². The number of hydrogen-bond donors (Lipinski definition) is 1. The average Bonchev–Trinajstić information content (AvgIpc) is 3.23. The van der Waals surface area contributed by atoms with Crippen LogP contribution in [0.2, 0.25) is 0 Å². The van der Waals surface area contributed by atoms with Crippen molar-refractivity contribution in [2.45, 2.75) is 25.8 Å². The molecule has 0 aliphatic carbocycles. The van der Waals surface area contributed by atoms with Gasteiger partial charge in [0.25, 0.3) is 0 Å².